The van der Waals surface area contributed by atoms with E-state index in [-0.39, 0.29) is 24.8 Å². The van der Waals surface area contributed by atoms with Crippen molar-refractivity contribution in [3.05, 3.63) is 23.8 Å². The Labute approximate surface area is 108 Å². The van der Waals surface area contributed by atoms with Gasteiger partial charge in [0.15, 0.2) is 11.5 Å². The van der Waals surface area contributed by atoms with Crippen LogP contribution in [-0.2, 0) is 9.53 Å². The van der Waals surface area contributed by atoms with E-state index in [2.05, 4.69) is 0 Å². The first-order valence-corrected chi connectivity index (χ1v) is 6.13. The van der Waals surface area contributed by atoms with Gasteiger partial charge in [-0.1, -0.05) is 0 Å². The molecule has 1 aromatic carbocycles. The van der Waals surface area contributed by atoms with Crippen molar-refractivity contribution in [2.45, 2.75) is 18.6 Å². The summed E-state index contributed by atoms with van der Waals surface area (Å²) in [6.07, 6.45) is 0.463. The van der Waals surface area contributed by atoms with E-state index >= 15 is 0 Å². The van der Waals surface area contributed by atoms with Crippen molar-refractivity contribution >= 4 is 11.9 Å². The lowest BCUT2D eigenvalue weighted by Crippen LogP contribution is -2.44. The van der Waals surface area contributed by atoms with Crippen molar-refractivity contribution in [3.8, 4) is 11.5 Å². The summed E-state index contributed by atoms with van der Waals surface area (Å²) in [5.41, 5.74) is 0.504. The molecule has 0 saturated carbocycles. The van der Waals surface area contributed by atoms with Gasteiger partial charge in [-0.15, -0.1) is 0 Å². The minimum Gasteiger partial charge on any atom is -0.459 e. The minimum atomic E-state index is -0.428. The van der Waals surface area contributed by atoms with E-state index in [0.29, 0.717) is 30.0 Å². The van der Waals surface area contributed by atoms with Gasteiger partial charge in [-0.3, -0.25) is 4.79 Å². The summed E-state index contributed by atoms with van der Waals surface area (Å²) in [5.74, 6) is 0.740. The zero-order valence-electron chi connectivity index (χ0n) is 10.00. The maximum atomic E-state index is 12.4. The van der Waals surface area contributed by atoms with E-state index < -0.39 is 6.04 Å². The van der Waals surface area contributed by atoms with Crippen LogP contribution in [0.25, 0.3) is 0 Å². The molecule has 3 heterocycles. The second-order valence-corrected chi connectivity index (χ2v) is 4.84. The van der Waals surface area contributed by atoms with Crippen molar-refractivity contribution in [1.29, 1.82) is 0 Å². The summed E-state index contributed by atoms with van der Waals surface area (Å²) in [6.45, 7) is 0.650. The predicted octanol–water partition coefficient (Wildman–Crippen LogP) is 0.555. The summed E-state index contributed by atoms with van der Waals surface area (Å²) in [7, 11) is 0. The van der Waals surface area contributed by atoms with Crippen LogP contribution in [0.15, 0.2) is 18.2 Å². The highest BCUT2D eigenvalue weighted by Gasteiger charge is 2.48. The second kappa shape index (κ2) is 3.63. The quantitative estimate of drug-likeness (QED) is 0.691. The smallest absolute Gasteiger partial charge is 0.329 e. The molecule has 0 radical (unpaired) electrons. The van der Waals surface area contributed by atoms with Crippen molar-refractivity contribution in [3.63, 3.8) is 0 Å². The molecule has 2 atom stereocenters. The van der Waals surface area contributed by atoms with Gasteiger partial charge in [0.05, 0.1) is 6.54 Å². The van der Waals surface area contributed by atoms with Crippen molar-refractivity contribution in [1.82, 2.24) is 4.90 Å². The highest BCUT2D eigenvalue weighted by molar-refractivity contribution is 5.98. The van der Waals surface area contributed by atoms with E-state index in [1.165, 1.54) is 0 Å². The van der Waals surface area contributed by atoms with Crippen LogP contribution in [0.5, 0.6) is 11.5 Å². The van der Waals surface area contributed by atoms with Gasteiger partial charge in [0.1, 0.15) is 12.1 Å². The van der Waals surface area contributed by atoms with Crippen LogP contribution < -0.4 is 9.47 Å². The molecule has 0 unspecified atom stereocenters. The summed E-state index contributed by atoms with van der Waals surface area (Å²) >= 11 is 0. The third kappa shape index (κ3) is 1.49. The zero-order valence-corrected chi connectivity index (χ0v) is 10.00. The Morgan fingerprint density at radius 1 is 1.26 bits per heavy atom. The molecule has 4 rings (SSSR count). The lowest BCUT2D eigenvalue weighted by molar-refractivity contribution is -0.149. The topological polar surface area (TPSA) is 65.1 Å². The first-order valence-electron chi connectivity index (χ1n) is 6.13. The molecule has 98 valence electrons. The fraction of sp³-hybridized carbons (Fsp3) is 0.385. The van der Waals surface area contributed by atoms with Crippen LogP contribution in [0.4, 0.5) is 0 Å². The molecule has 2 bridgehead atoms. The molecule has 1 aromatic rings. The Morgan fingerprint density at radius 3 is 2.89 bits per heavy atom. The maximum absolute atomic E-state index is 12.4. The Balaban J connectivity index is 1.63. The average Bonchev–Trinajstić information content (AvgIpc) is 3.10. The van der Waals surface area contributed by atoms with Gasteiger partial charge in [0.25, 0.3) is 5.91 Å². The van der Waals surface area contributed by atoms with Crippen molar-refractivity contribution in [2.75, 3.05) is 13.3 Å². The molecule has 0 aliphatic carbocycles. The Hall–Kier alpha value is -2.24. The number of ether oxygens (including phenoxy) is 3. The monoisotopic (exact) mass is 261 g/mol. The van der Waals surface area contributed by atoms with Gasteiger partial charge >= 0.3 is 5.97 Å². The number of esters is 1. The van der Waals surface area contributed by atoms with Crippen LogP contribution in [-0.4, -0.2) is 42.3 Å². The third-order valence-corrected chi connectivity index (χ3v) is 3.70. The van der Waals surface area contributed by atoms with Gasteiger partial charge in [-0.2, -0.15) is 0 Å². The fourth-order valence-corrected chi connectivity index (χ4v) is 2.77. The van der Waals surface area contributed by atoms with E-state index in [1.54, 1.807) is 23.1 Å². The number of nitrogens with zero attached hydrogens (tertiary/aromatic N) is 1. The van der Waals surface area contributed by atoms with Gasteiger partial charge in [0.2, 0.25) is 6.79 Å². The van der Waals surface area contributed by atoms with E-state index in [1.807, 2.05) is 0 Å². The highest BCUT2D eigenvalue weighted by Crippen LogP contribution is 2.35. The standard InChI is InChI=1S/C13H11NO5/c15-12(14-5-8-4-9(14)13(16)19-8)7-1-2-10-11(3-7)18-6-17-10/h1-3,8-9H,4-6H2/t8-,9-/m0/s1. The molecule has 0 aromatic heterocycles. The lowest BCUT2D eigenvalue weighted by Gasteiger charge is -2.25. The largest absolute Gasteiger partial charge is 0.459 e. The maximum Gasteiger partial charge on any atom is 0.329 e. The molecule has 19 heavy (non-hydrogen) atoms. The number of rotatable bonds is 1. The first kappa shape index (κ1) is 10.7. The number of morpholine rings is 1. The number of hydrogen-bond donors (Lipinski definition) is 0. The minimum absolute atomic E-state index is 0.143. The lowest BCUT2D eigenvalue weighted by atomic mass is 10.1. The number of likely N-dealkylation sites (tertiary alicyclic amines) is 1. The SMILES string of the molecule is O=C1O[C@H]2C[C@@H]1N(C(=O)c1ccc3c(c1)OCO3)C2. The first-order chi connectivity index (χ1) is 9.22. The molecule has 2 saturated heterocycles. The molecule has 0 spiro atoms. The van der Waals surface area contributed by atoms with Crippen molar-refractivity contribution < 1.29 is 23.8 Å². The van der Waals surface area contributed by atoms with Crippen LogP contribution in [0.3, 0.4) is 0 Å². The van der Waals surface area contributed by atoms with Crippen LogP contribution in [0.2, 0.25) is 0 Å². The number of carbonyl (C=O) groups is 2. The van der Waals surface area contributed by atoms with E-state index in [0.717, 1.165) is 0 Å². The third-order valence-electron chi connectivity index (χ3n) is 3.70. The highest BCUT2D eigenvalue weighted by atomic mass is 16.7. The Kier molecular flexibility index (Phi) is 2.04. The summed E-state index contributed by atoms with van der Waals surface area (Å²) in [5, 5.41) is 0. The predicted molar refractivity (Wildman–Crippen MR) is 61.9 cm³/mol. The molecular weight excluding hydrogens is 250 g/mol. The van der Waals surface area contributed by atoms with Crippen molar-refractivity contribution in [2.24, 2.45) is 0 Å². The number of carbonyl (C=O) groups excluding carboxylic acids is 2. The number of amides is 1. The molecule has 2 fully saturated rings. The Morgan fingerprint density at radius 2 is 2.11 bits per heavy atom. The molecular formula is C13H11NO5. The van der Waals surface area contributed by atoms with Crippen LogP contribution >= 0.6 is 0 Å². The molecule has 0 N–H and O–H groups in total. The number of fused-ring (bicyclic) bond motifs is 3. The fourth-order valence-electron chi connectivity index (χ4n) is 2.77. The van der Waals surface area contributed by atoms with Gasteiger partial charge in [-0.25, -0.2) is 4.79 Å². The molecule has 6 nitrogen and oxygen atoms in total. The summed E-state index contributed by atoms with van der Waals surface area (Å²) in [6, 6.07) is 4.63. The molecule has 3 aliphatic rings. The van der Waals surface area contributed by atoms with Gasteiger partial charge in [0, 0.05) is 12.0 Å². The molecule has 3 aliphatic heterocycles. The van der Waals surface area contributed by atoms with E-state index in [9.17, 15) is 9.59 Å². The molecule has 6 heteroatoms. The number of hydrogen-bond acceptors (Lipinski definition) is 5. The Bertz CT molecular complexity index is 584. The normalized spacial score (nSPS) is 26.7. The molecule has 1 amide bonds. The van der Waals surface area contributed by atoms with E-state index in [4.69, 9.17) is 14.2 Å². The van der Waals surface area contributed by atoms with Crippen LogP contribution in [0.1, 0.15) is 16.8 Å². The zero-order chi connectivity index (χ0) is 13.0. The van der Waals surface area contributed by atoms with Crippen LogP contribution in [0, 0.1) is 0 Å². The van der Waals surface area contributed by atoms with Gasteiger partial charge in [-0.05, 0) is 18.2 Å². The number of benzene rings is 1. The van der Waals surface area contributed by atoms with Gasteiger partial charge < -0.3 is 19.1 Å². The average molecular weight is 261 g/mol. The second-order valence-electron chi connectivity index (χ2n) is 4.84. The summed E-state index contributed by atoms with van der Waals surface area (Å²) in [4.78, 5) is 25.5. The summed E-state index contributed by atoms with van der Waals surface area (Å²) < 4.78 is 15.5.